The van der Waals surface area contributed by atoms with Crippen molar-refractivity contribution in [2.24, 2.45) is 0 Å². The van der Waals surface area contributed by atoms with Crippen molar-refractivity contribution in [2.75, 3.05) is 18.4 Å². The van der Waals surface area contributed by atoms with Crippen LogP contribution >= 0.6 is 22.9 Å². The van der Waals surface area contributed by atoms with Crippen molar-refractivity contribution >= 4 is 33.8 Å². The van der Waals surface area contributed by atoms with E-state index in [2.05, 4.69) is 23.2 Å². The third-order valence-electron chi connectivity index (χ3n) is 4.03. The Labute approximate surface area is 144 Å². The van der Waals surface area contributed by atoms with Crippen LogP contribution in [0, 0.1) is 11.3 Å². The molecule has 1 aromatic carbocycles. The molecule has 1 aliphatic heterocycles. The zero-order chi connectivity index (χ0) is 16.4. The molecule has 0 bridgehead atoms. The van der Waals surface area contributed by atoms with Crippen LogP contribution in [0.25, 0.3) is 0 Å². The summed E-state index contributed by atoms with van der Waals surface area (Å²) in [5, 5.41) is 13.6. The van der Waals surface area contributed by atoms with Crippen molar-refractivity contribution < 1.29 is 4.79 Å². The van der Waals surface area contributed by atoms with E-state index in [4.69, 9.17) is 11.6 Å². The van der Waals surface area contributed by atoms with Gasteiger partial charge in [0.05, 0.1) is 5.56 Å². The van der Waals surface area contributed by atoms with Crippen LogP contribution in [0.3, 0.4) is 0 Å². The molecular weight excluding hydrogens is 330 g/mol. The molecule has 2 aromatic rings. The second-order valence-electron chi connectivity index (χ2n) is 5.40. The fraction of sp³-hybridized carbons (Fsp3) is 0.294. The van der Waals surface area contributed by atoms with Crippen molar-refractivity contribution in [3.8, 4) is 6.07 Å². The maximum absolute atomic E-state index is 12.4. The number of carbonyl (C=O) groups is 1. The predicted molar refractivity (Wildman–Crippen MR) is 93.1 cm³/mol. The van der Waals surface area contributed by atoms with E-state index in [1.165, 1.54) is 16.2 Å². The van der Waals surface area contributed by atoms with Gasteiger partial charge in [-0.05, 0) is 42.8 Å². The lowest BCUT2D eigenvalue weighted by molar-refractivity contribution is 0.102. The van der Waals surface area contributed by atoms with Crippen LogP contribution in [0.4, 0.5) is 5.00 Å². The number of rotatable bonds is 3. The summed E-state index contributed by atoms with van der Waals surface area (Å²) in [4.78, 5) is 15.9. The lowest BCUT2D eigenvalue weighted by atomic mass is 10.0. The molecule has 118 valence electrons. The molecule has 0 aliphatic carbocycles. The van der Waals surface area contributed by atoms with Crippen molar-refractivity contribution in [1.82, 2.24) is 4.90 Å². The molecule has 0 unspecified atom stereocenters. The van der Waals surface area contributed by atoms with Gasteiger partial charge in [-0.1, -0.05) is 18.5 Å². The lowest BCUT2D eigenvalue weighted by Gasteiger charge is -2.24. The van der Waals surface area contributed by atoms with Crippen molar-refractivity contribution in [3.05, 3.63) is 50.9 Å². The number of hydrogen-bond donors (Lipinski definition) is 1. The highest BCUT2D eigenvalue weighted by atomic mass is 35.5. The number of likely N-dealkylation sites (N-methyl/N-ethyl adjacent to an activating group) is 1. The molecule has 6 heteroatoms. The normalized spacial score (nSPS) is 14.1. The van der Waals surface area contributed by atoms with Crippen LogP contribution in [-0.4, -0.2) is 23.9 Å². The summed E-state index contributed by atoms with van der Waals surface area (Å²) in [6.45, 7) is 4.93. The average Bonchev–Trinajstić information content (AvgIpc) is 2.91. The van der Waals surface area contributed by atoms with Crippen molar-refractivity contribution in [1.29, 1.82) is 5.26 Å². The van der Waals surface area contributed by atoms with Gasteiger partial charge < -0.3 is 5.32 Å². The number of halogens is 1. The van der Waals surface area contributed by atoms with Crippen LogP contribution in [-0.2, 0) is 13.0 Å². The van der Waals surface area contributed by atoms with Crippen LogP contribution in [0.15, 0.2) is 24.3 Å². The zero-order valence-corrected chi connectivity index (χ0v) is 14.3. The number of amides is 1. The third kappa shape index (κ3) is 3.25. The van der Waals surface area contributed by atoms with E-state index >= 15 is 0 Å². The largest absolute Gasteiger partial charge is 0.312 e. The van der Waals surface area contributed by atoms with Crippen LogP contribution in [0.1, 0.15) is 33.3 Å². The smallest absolute Gasteiger partial charge is 0.256 e. The SMILES string of the molecule is CCN1CCc2c(sc(NC(=O)c3ccc(Cl)cc3)c2C#N)C1. The first kappa shape index (κ1) is 16.0. The number of nitriles is 1. The maximum atomic E-state index is 12.4. The topological polar surface area (TPSA) is 56.1 Å². The first-order valence-corrected chi connectivity index (χ1v) is 8.65. The van der Waals surface area contributed by atoms with Gasteiger partial charge in [0.25, 0.3) is 5.91 Å². The van der Waals surface area contributed by atoms with E-state index in [1.807, 2.05) is 0 Å². The molecule has 1 aliphatic rings. The number of nitrogens with zero attached hydrogens (tertiary/aromatic N) is 2. The zero-order valence-electron chi connectivity index (χ0n) is 12.7. The van der Waals surface area contributed by atoms with E-state index < -0.39 is 0 Å². The van der Waals surface area contributed by atoms with Crippen LogP contribution in [0.2, 0.25) is 5.02 Å². The third-order valence-corrected chi connectivity index (χ3v) is 5.41. The van der Waals surface area contributed by atoms with Crippen molar-refractivity contribution in [3.63, 3.8) is 0 Å². The van der Waals surface area contributed by atoms with Gasteiger partial charge in [-0.25, -0.2) is 0 Å². The number of anilines is 1. The highest BCUT2D eigenvalue weighted by Gasteiger charge is 2.24. The van der Waals surface area contributed by atoms with Crippen LogP contribution in [0.5, 0.6) is 0 Å². The average molecular weight is 346 g/mol. The highest BCUT2D eigenvalue weighted by Crippen LogP contribution is 2.36. The predicted octanol–water partition coefficient (Wildman–Crippen LogP) is 3.90. The summed E-state index contributed by atoms with van der Waals surface area (Å²) >= 11 is 7.35. The van der Waals surface area contributed by atoms with Gasteiger partial charge >= 0.3 is 0 Å². The summed E-state index contributed by atoms with van der Waals surface area (Å²) in [5.41, 5.74) is 2.23. The molecule has 0 atom stereocenters. The molecule has 23 heavy (non-hydrogen) atoms. The fourth-order valence-electron chi connectivity index (χ4n) is 2.71. The number of fused-ring (bicyclic) bond motifs is 1. The molecule has 0 saturated heterocycles. The Bertz CT molecular complexity index is 776. The monoisotopic (exact) mass is 345 g/mol. The minimum atomic E-state index is -0.218. The molecular formula is C17H16ClN3OS. The van der Waals surface area contributed by atoms with Gasteiger partial charge in [-0.2, -0.15) is 5.26 Å². The molecule has 1 amide bonds. The molecule has 0 spiro atoms. The second kappa shape index (κ2) is 6.71. The Morgan fingerprint density at radius 1 is 1.43 bits per heavy atom. The maximum Gasteiger partial charge on any atom is 0.256 e. The number of carbonyl (C=O) groups excluding carboxylic acids is 1. The van der Waals surface area contributed by atoms with Gasteiger partial charge in [-0.3, -0.25) is 9.69 Å². The van der Waals surface area contributed by atoms with Gasteiger partial charge in [0, 0.05) is 28.6 Å². The lowest BCUT2D eigenvalue weighted by Crippen LogP contribution is -2.29. The Hall–Kier alpha value is -1.87. The van der Waals surface area contributed by atoms with Gasteiger partial charge in [0.15, 0.2) is 0 Å². The Morgan fingerprint density at radius 3 is 2.83 bits per heavy atom. The standard InChI is InChI=1S/C17H16ClN3OS/c1-2-21-8-7-13-14(9-19)17(23-15(13)10-21)20-16(22)11-3-5-12(18)6-4-11/h3-6H,2,7-8,10H2,1H3,(H,20,22). The van der Waals surface area contributed by atoms with E-state index in [0.29, 0.717) is 21.2 Å². The quantitative estimate of drug-likeness (QED) is 0.917. The molecule has 1 aromatic heterocycles. The molecule has 0 saturated carbocycles. The summed E-state index contributed by atoms with van der Waals surface area (Å²) in [6.07, 6.45) is 0.860. The fourth-order valence-corrected chi connectivity index (χ4v) is 4.07. The van der Waals surface area contributed by atoms with E-state index in [-0.39, 0.29) is 5.91 Å². The van der Waals surface area contributed by atoms with E-state index in [0.717, 1.165) is 31.6 Å². The molecule has 1 N–H and O–H groups in total. The molecule has 2 heterocycles. The number of thiophene rings is 1. The second-order valence-corrected chi connectivity index (χ2v) is 6.94. The first-order valence-electron chi connectivity index (χ1n) is 7.46. The van der Waals surface area contributed by atoms with Gasteiger partial charge in [0.1, 0.15) is 11.1 Å². The minimum absolute atomic E-state index is 0.218. The summed E-state index contributed by atoms with van der Waals surface area (Å²) in [6, 6.07) is 8.97. The summed E-state index contributed by atoms with van der Waals surface area (Å²) in [7, 11) is 0. The molecule has 0 radical (unpaired) electrons. The number of hydrogen-bond acceptors (Lipinski definition) is 4. The van der Waals surface area contributed by atoms with Crippen molar-refractivity contribution in [2.45, 2.75) is 19.9 Å². The highest BCUT2D eigenvalue weighted by molar-refractivity contribution is 7.16. The van der Waals surface area contributed by atoms with E-state index in [1.54, 1.807) is 24.3 Å². The first-order chi connectivity index (χ1) is 11.1. The summed E-state index contributed by atoms with van der Waals surface area (Å²) < 4.78 is 0. The molecule has 4 nitrogen and oxygen atoms in total. The minimum Gasteiger partial charge on any atom is -0.312 e. The number of benzene rings is 1. The van der Waals surface area contributed by atoms with Gasteiger partial charge in [-0.15, -0.1) is 11.3 Å². The van der Waals surface area contributed by atoms with Gasteiger partial charge in [0.2, 0.25) is 0 Å². The van der Waals surface area contributed by atoms with Crippen LogP contribution < -0.4 is 5.32 Å². The number of nitrogens with one attached hydrogen (secondary N) is 1. The summed E-state index contributed by atoms with van der Waals surface area (Å²) in [5.74, 6) is -0.218. The molecule has 3 rings (SSSR count). The Kier molecular flexibility index (Phi) is 4.67. The molecule has 0 fully saturated rings. The Balaban J connectivity index is 1.86. The Morgan fingerprint density at radius 2 is 2.17 bits per heavy atom. The van der Waals surface area contributed by atoms with E-state index in [9.17, 15) is 10.1 Å².